The molecule has 1 saturated carbocycles. The highest BCUT2D eigenvalue weighted by atomic mass is 32.1. The van der Waals surface area contributed by atoms with Gasteiger partial charge in [0.05, 0.1) is 29.2 Å². The van der Waals surface area contributed by atoms with E-state index in [4.69, 9.17) is 10.5 Å². The van der Waals surface area contributed by atoms with Crippen molar-refractivity contribution in [1.29, 1.82) is 0 Å². The van der Waals surface area contributed by atoms with Gasteiger partial charge in [-0.25, -0.2) is 9.97 Å². The predicted molar refractivity (Wildman–Crippen MR) is 78.8 cm³/mol. The first kappa shape index (κ1) is 12.6. The Kier molecular flexibility index (Phi) is 3.28. The van der Waals surface area contributed by atoms with E-state index in [2.05, 4.69) is 14.9 Å². The number of fused-ring (bicyclic) bond motifs is 1. The first-order valence-corrected chi connectivity index (χ1v) is 7.29. The minimum atomic E-state index is 0.574. The zero-order valence-corrected chi connectivity index (χ0v) is 12.0. The van der Waals surface area contributed by atoms with E-state index in [-0.39, 0.29) is 0 Å². The fourth-order valence-corrected chi connectivity index (χ4v) is 3.10. The third-order valence-corrected chi connectivity index (χ3v) is 4.22. The average molecular weight is 278 g/mol. The van der Waals surface area contributed by atoms with Crippen molar-refractivity contribution < 1.29 is 4.74 Å². The lowest BCUT2D eigenvalue weighted by Crippen LogP contribution is -2.30. The molecule has 19 heavy (non-hydrogen) atoms. The molecule has 0 bridgehead atoms. The van der Waals surface area contributed by atoms with Gasteiger partial charge in [-0.15, -0.1) is 0 Å². The quantitative estimate of drug-likeness (QED) is 0.908. The third-order valence-electron chi connectivity index (χ3n) is 3.35. The maximum atomic E-state index is 6.15. The van der Waals surface area contributed by atoms with Gasteiger partial charge in [0.1, 0.15) is 10.3 Å². The molecule has 2 aromatic rings. The predicted octanol–water partition coefficient (Wildman–Crippen LogP) is 2.20. The summed E-state index contributed by atoms with van der Waals surface area (Å²) in [6.07, 6.45) is 4.18. The number of anilines is 2. The Hall–Kier alpha value is -1.40. The van der Waals surface area contributed by atoms with Crippen LogP contribution < -0.4 is 10.6 Å². The summed E-state index contributed by atoms with van der Waals surface area (Å²) in [5.41, 5.74) is 8.83. The van der Waals surface area contributed by atoms with E-state index >= 15 is 0 Å². The monoisotopic (exact) mass is 278 g/mol. The van der Waals surface area contributed by atoms with Crippen LogP contribution in [-0.2, 0) is 4.74 Å². The number of nitrogens with zero attached hydrogens (tertiary/aromatic N) is 3. The lowest BCUT2D eigenvalue weighted by Gasteiger charge is -2.25. The van der Waals surface area contributed by atoms with E-state index in [9.17, 15) is 0 Å². The fourth-order valence-electron chi connectivity index (χ4n) is 2.34. The summed E-state index contributed by atoms with van der Waals surface area (Å²) in [4.78, 5) is 12.3. The summed E-state index contributed by atoms with van der Waals surface area (Å²) in [6, 6.07) is 0.574. The SMILES string of the molecule is COCCN(c1c(N)cnc2sc(C)nc12)C1CC1. The Balaban J connectivity index is 2.07. The van der Waals surface area contributed by atoms with E-state index in [1.807, 2.05) is 6.92 Å². The lowest BCUT2D eigenvalue weighted by molar-refractivity contribution is 0.205. The van der Waals surface area contributed by atoms with Crippen molar-refractivity contribution in [1.82, 2.24) is 9.97 Å². The van der Waals surface area contributed by atoms with Crippen molar-refractivity contribution in [3.8, 4) is 0 Å². The largest absolute Gasteiger partial charge is 0.396 e. The molecular formula is C13H18N4OS. The number of hydrogen-bond donors (Lipinski definition) is 1. The van der Waals surface area contributed by atoms with Gasteiger partial charge in [0.2, 0.25) is 0 Å². The van der Waals surface area contributed by atoms with E-state index in [1.54, 1.807) is 24.6 Å². The van der Waals surface area contributed by atoms with Crippen LogP contribution in [0.25, 0.3) is 10.3 Å². The molecule has 0 aliphatic heterocycles. The number of pyridine rings is 1. The normalized spacial score (nSPS) is 15.1. The first-order chi connectivity index (χ1) is 9.20. The van der Waals surface area contributed by atoms with Crippen molar-refractivity contribution in [2.24, 2.45) is 0 Å². The molecule has 6 heteroatoms. The molecule has 5 nitrogen and oxygen atoms in total. The zero-order chi connectivity index (χ0) is 13.4. The number of nitrogens with two attached hydrogens (primary N) is 1. The second-order valence-electron chi connectivity index (χ2n) is 4.87. The maximum absolute atomic E-state index is 6.15. The molecule has 0 atom stereocenters. The number of aryl methyl sites for hydroxylation is 1. The summed E-state index contributed by atoms with van der Waals surface area (Å²) >= 11 is 1.61. The minimum absolute atomic E-state index is 0.574. The average Bonchev–Trinajstić information content (AvgIpc) is 3.14. The van der Waals surface area contributed by atoms with Crippen molar-refractivity contribution >= 4 is 33.1 Å². The van der Waals surface area contributed by atoms with Gasteiger partial charge in [0, 0.05) is 19.7 Å². The van der Waals surface area contributed by atoms with Crippen LogP contribution in [0.1, 0.15) is 17.8 Å². The van der Waals surface area contributed by atoms with Gasteiger partial charge in [-0.05, 0) is 19.8 Å². The number of aromatic nitrogens is 2. The van der Waals surface area contributed by atoms with Crippen LogP contribution in [0, 0.1) is 6.92 Å². The van der Waals surface area contributed by atoms with E-state index in [1.165, 1.54) is 12.8 Å². The molecule has 1 aliphatic rings. The standard InChI is InChI=1S/C13H18N4OS/c1-8-16-11-12(10(14)7-15-13(11)19-8)17(5-6-18-2)9-3-4-9/h7,9H,3-6,14H2,1-2H3. The minimum Gasteiger partial charge on any atom is -0.396 e. The van der Waals surface area contributed by atoms with Gasteiger partial charge in [-0.1, -0.05) is 11.3 Å². The van der Waals surface area contributed by atoms with Crippen molar-refractivity contribution in [3.63, 3.8) is 0 Å². The highest BCUT2D eigenvalue weighted by Gasteiger charge is 2.31. The Bertz CT molecular complexity index is 594. The molecule has 0 unspecified atom stereocenters. The van der Waals surface area contributed by atoms with Crippen molar-refractivity contribution in [2.75, 3.05) is 30.9 Å². The van der Waals surface area contributed by atoms with Gasteiger partial charge < -0.3 is 15.4 Å². The second kappa shape index (κ2) is 4.94. The summed E-state index contributed by atoms with van der Waals surface area (Å²) in [7, 11) is 1.73. The number of thiazole rings is 1. The van der Waals surface area contributed by atoms with E-state index in [0.717, 1.165) is 27.6 Å². The number of hydrogen-bond acceptors (Lipinski definition) is 6. The number of rotatable bonds is 5. The zero-order valence-electron chi connectivity index (χ0n) is 11.2. The van der Waals surface area contributed by atoms with Crippen LogP contribution in [0.5, 0.6) is 0 Å². The van der Waals surface area contributed by atoms with Crippen LogP contribution in [0.2, 0.25) is 0 Å². The number of nitrogen functional groups attached to an aromatic ring is 1. The highest BCUT2D eigenvalue weighted by Crippen LogP contribution is 2.39. The molecular weight excluding hydrogens is 260 g/mol. The number of ether oxygens (including phenoxy) is 1. The van der Waals surface area contributed by atoms with Crippen molar-refractivity contribution in [3.05, 3.63) is 11.2 Å². The topological polar surface area (TPSA) is 64.3 Å². The first-order valence-electron chi connectivity index (χ1n) is 6.48. The van der Waals surface area contributed by atoms with E-state index in [0.29, 0.717) is 18.3 Å². The molecule has 1 aliphatic carbocycles. The molecule has 0 amide bonds. The van der Waals surface area contributed by atoms with Gasteiger partial charge in [0.25, 0.3) is 0 Å². The van der Waals surface area contributed by atoms with Crippen LogP contribution >= 0.6 is 11.3 Å². The van der Waals surface area contributed by atoms with Crippen LogP contribution in [0.3, 0.4) is 0 Å². The lowest BCUT2D eigenvalue weighted by atomic mass is 10.2. The number of methoxy groups -OCH3 is 1. The third kappa shape index (κ3) is 2.37. The van der Waals surface area contributed by atoms with Crippen LogP contribution in [0.15, 0.2) is 6.20 Å². The molecule has 0 radical (unpaired) electrons. The van der Waals surface area contributed by atoms with Gasteiger partial charge in [0.15, 0.2) is 0 Å². The Morgan fingerprint density at radius 1 is 1.53 bits per heavy atom. The van der Waals surface area contributed by atoms with Gasteiger partial charge >= 0.3 is 0 Å². The molecule has 2 N–H and O–H groups in total. The summed E-state index contributed by atoms with van der Waals surface area (Å²) in [5, 5.41) is 1.02. The van der Waals surface area contributed by atoms with Crippen molar-refractivity contribution in [2.45, 2.75) is 25.8 Å². The summed E-state index contributed by atoms with van der Waals surface area (Å²) in [5.74, 6) is 0. The molecule has 3 rings (SSSR count). The summed E-state index contributed by atoms with van der Waals surface area (Å²) in [6.45, 7) is 3.55. The van der Waals surface area contributed by atoms with Crippen LogP contribution in [0.4, 0.5) is 11.4 Å². The molecule has 2 aromatic heterocycles. The Morgan fingerprint density at radius 3 is 3.00 bits per heavy atom. The second-order valence-corrected chi connectivity index (χ2v) is 6.05. The molecule has 0 spiro atoms. The molecule has 0 saturated heterocycles. The van der Waals surface area contributed by atoms with Crippen LogP contribution in [-0.4, -0.2) is 36.3 Å². The molecule has 102 valence electrons. The molecule has 1 fully saturated rings. The Labute approximate surface area is 116 Å². The Morgan fingerprint density at radius 2 is 2.32 bits per heavy atom. The van der Waals surface area contributed by atoms with Gasteiger partial charge in [-0.2, -0.15) is 0 Å². The molecule has 0 aromatic carbocycles. The maximum Gasteiger partial charge on any atom is 0.145 e. The van der Waals surface area contributed by atoms with E-state index < -0.39 is 0 Å². The molecule has 2 heterocycles. The fraction of sp³-hybridized carbons (Fsp3) is 0.538. The highest BCUT2D eigenvalue weighted by molar-refractivity contribution is 7.18. The van der Waals surface area contributed by atoms with Gasteiger partial charge in [-0.3, -0.25) is 0 Å². The summed E-state index contributed by atoms with van der Waals surface area (Å²) < 4.78 is 5.21. The smallest absolute Gasteiger partial charge is 0.145 e.